The highest BCUT2D eigenvalue weighted by molar-refractivity contribution is 6.29. The Morgan fingerprint density at radius 1 is 1.19 bits per heavy atom. The molecule has 0 atom stereocenters. The van der Waals surface area contributed by atoms with E-state index in [9.17, 15) is 13.2 Å². The average Bonchev–Trinajstić information content (AvgIpc) is 2.44. The first-order chi connectivity index (χ1) is 9.88. The Kier molecular flexibility index (Phi) is 4.34. The van der Waals surface area contributed by atoms with Gasteiger partial charge in [0.25, 0.3) is 0 Å². The van der Waals surface area contributed by atoms with E-state index < -0.39 is 11.7 Å². The van der Waals surface area contributed by atoms with Gasteiger partial charge in [-0.2, -0.15) is 18.4 Å². The fourth-order valence-electron chi connectivity index (χ4n) is 1.66. The molecule has 0 aliphatic heterocycles. The van der Waals surface area contributed by atoms with Crippen molar-refractivity contribution in [2.24, 2.45) is 0 Å². The lowest BCUT2D eigenvalue weighted by molar-refractivity contribution is -0.137. The molecule has 0 saturated heterocycles. The Morgan fingerprint density at radius 2 is 1.86 bits per heavy atom. The predicted octanol–water partition coefficient (Wildman–Crippen LogP) is 4.24. The van der Waals surface area contributed by atoms with E-state index in [1.165, 1.54) is 24.3 Å². The number of halogens is 4. The van der Waals surface area contributed by atoms with Gasteiger partial charge in [-0.3, -0.25) is 0 Å². The molecule has 0 bridgehead atoms. The van der Waals surface area contributed by atoms with Crippen LogP contribution >= 0.6 is 11.6 Å². The normalized spacial score (nSPS) is 11.0. The van der Waals surface area contributed by atoms with Crippen molar-refractivity contribution in [1.29, 1.82) is 5.26 Å². The summed E-state index contributed by atoms with van der Waals surface area (Å²) in [6.07, 6.45) is -4.35. The maximum absolute atomic E-state index is 12.4. The summed E-state index contributed by atoms with van der Waals surface area (Å²) in [7, 11) is 0. The van der Waals surface area contributed by atoms with E-state index in [1.807, 2.05) is 6.07 Å². The lowest BCUT2D eigenvalue weighted by Crippen LogP contribution is -2.06. The second-order valence-corrected chi connectivity index (χ2v) is 4.61. The van der Waals surface area contributed by atoms with E-state index in [-0.39, 0.29) is 11.7 Å². The number of hydrogen-bond acceptors (Lipinski definition) is 3. The van der Waals surface area contributed by atoms with Crippen LogP contribution in [-0.2, 0) is 12.7 Å². The van der Waals surface area contributed by atoms with Crippen LogP contribution in [0, 0.1) is 11.3 Å². The van der Waals surface area contributed by atoms with Gasteiger partial charge in [0.15, 0.2) is 0 Å². The van der Waals surface area contributed by atoms with E-state index in [0.717, 1.165) is 12.1 Å². The molecule has 21 heavy (non-hydrogen) atoms. The van der Waals surface area contributed by atoms with Gasteiger partial charge in [0.05, 0.1) is 17.2 Å². The highest BCUT2D eigenvalue weighted by atomic mass is 35.5. The third kappa shape index (κ3) is 4.10. The van der Waals surface area contributed by atoms with Crippen LogP contribution in [0.15, 0.2) is 36.4 Å². The Bertz CT molecular complexity index is 675. The van der Waals surface area contributed by atoms with Crippen molar-refractivity contribution in [3.63, 3.8) is 0 Å². The van der Waals surface area contributed by atoms with Crippen molar-refractivity contribution < 1.29 is 13.2 Å². The summed E-state index contributed by atoms with van der Waals surface area (Å²) in [6, 6.07) is 9.67. The molecule has 3 nitrogen and oxygen atoms in total. The number of hydrogen-bond donors (Lipinski definition) is 1. The molecule has 0 unspecified atom stereocenters. The summed E-state index contributed by atoms with van der Waals surface area (Å²) in [5.74, 6) is 0.388. The number of benzene rings is 1. The molecule has 1 N–H and O–H groups in total. The molecule has 0 aliphatic rings. The van der Waals surface area contributed by atoms with Crippen LogP contribution in [0.4, 0.5) is 19.0 Å². The summed E-state index contributed by atoms with van der Waals surface area (Å²) in [4.78, 5) is 3.98. The maximum atomic E-state index is 12.4. The largest absolute Gasteiger partial charge is 0.416 e. The number of nitrogens with zero attached hydrogens (tertiary/aromatic N) is 2. The highest BCUT2D eigenvalue weighted by Crippen LogP contribution is 2.29. The highest BCUT2D eigenvalue weighted by Gasteiger charge is 2.29. The Morgan fingerprint density at radius 3 is 2.43 bits per heavy atom. The van der Waals surface area contributed by atoms with E-state index >= 15 is 0 Å². The van der Waals surface area contributed by atoms with Crippen molar-refractivity contribution in [3.8, 4) is 6.07 Å². The van der Waals surface area contributed by atoms with Crippen molar-refractivity contribution in [3.05, 3.63) is 58.2 Å². The monoisotopic (exact) mass is 311 g/mol. The average molecular weight is 312 g/mol. The molecule has 108 valence electrons. The number of aromatic nitrogens is 1. The molecule has 2 rings (SSSR count). The van der Waals surface area contributed by atoms with Crippen LogP contribution in [0.1, 0.15) is 16.7 Å². The van der Waals surface area contributed by atoms with Crippen molar-refractivity contribution in [1.82, 2.24) is 4.98 Å². The van der Waals surface area contributed by atoms with E-state index in [4.69, 9.17) is 16.9 Å². The first-order valence-electron chi connectivity index (χ1n) is 5.86. The molecule has 0 radical (unpaired) electrons. The zero-order chi connectivity index (χ0) is 15.5. The van der Waals surface area contributed by atoms with E-state index in [2.05, 4.69) is 10.3 Å². The lowest BCUT2D eigenvalue weighted by Gasteiger charge is -2.09. The van der Waals surface area contributed by atoms with Crippen LogP contribution < -0.4 is 5.32 Å². The Labute approximate surface area is 124 Å². The minimum absolute atomic E-state index is 0.170. The fraction of sp³-hybridized carbons (Fsp3) is 0.143. The van der Waals surface area contributed by atoms with Gasteiger partial charge in [0.1, 0.15) is 11.0 Å². The molecule has 1 aromatic carbocycles. The second-order valence-electron chi connectivity index (χ2n) is 4.22. The first-order valence-corrected chi connectivity index (χ1v) is 6.24. The van der Waals surface area contributed by atoms with Gasteiger partial charge >= 0.3 is 6.18 Å². The molecule has 1 heterocycles. The zero-order valence-corrected chi connectivity index (χ0v) is 11.3. The number of anilines is 1. The third-order valence-electron chi connectivity index (χ3n) is 2.68. The summed E-state index contributed by atoms with van der Waals surface area (Å²) in [6.45, 7) is 0.274. The standard InChI is InChI=1S/C14H9ClF3N3/c15-12-5-10(7-19)6-13(21-12)20-8-9-1-3-11(4-2-9)14(16,17)18/h1-6H,8H2,(H,20,21). The third-order valence-corrected chi connectivity index (χ3v) is 2.87. The number of nitriles is 1. The zero-order valence-electron chi connectivity index (χ0n) is 10.6. The Hall–Kier alpha value is -2.26. The number of alkyl halides is 3. The van der Waals surface area contributed by atoms with Crippen LogP contribution in [0.2, 0.25) is 5.15 Å². The number of pyridine rings is 1. The van der Waals surface area contributed by atoms with Gasteiger partial charge in [-0.1, -0.05) is 23.7 Å². The lowest BCUT2D eigenvalue weighted by atomic mass is 10.1. The molecule has 0 aliphatic carbocycles. The van der Waals surface area contributed by atoms with E-state index in [0.29, 0.717) is 16.9 Å². The molecule has 7 heteroatoms. The van der Waals surface area contributed by atoms with Crippen LogP contribution in [0.5, 0.6) is 0 Å². The predicted molar refractivity (Wildman–Crippen MR) is 72.7 cm³/mol. The molecular weight excluding hydrogens is 303 g/mol. The SMILES string of the molecule is N#Cc1cc(Cl)nc(NCc2ccc(C(F)(F)F)cc2)c1. The minimum atomic E-state index is -4.35. The number of nitrogens with one attached hydrogen (secondary N) is 1. The molecule has 2 aromatic rings. The quantitative estimate of drug-likeness (QED) is 0.863. The molecular formula is C14H9ClF3N3. The van der Waals surface area contributed by atoms with Crippen molar-refractivity contribution in [2.45, 2.75) is 12.7 Å². The van der Waals surface area contributed by atoms with Crippen LogP contribution in [-0.4, -0.2) is 4.98 Å². The first kappa shape index (κ1) is 15.1. The van der Waals surface area contributed by atoms with Gasteiger partial charge in [0.2, 0.25) is 0 Å². The summed E-state index contributed by atoms with van der Waals surface area (Å²) < 4.78 is 37.3. The van der Waals surface area contributed by atoms with Crippen molar-refractivity contribution in [2.75, 3.05) is 5.32 Å². The Balaban J connectivity index is 2.07. The van der Waals surface area contributed by atoms with Crippen LogP contribution in [0.3, 0.4) is 0 Å². The van der Waals surface area contributed by atoms with Crippen LogP contribution in [0.25, 0.3) is 0 Å². The fourth-order valence-corrected chi connectivity index (χ4v) is 1.86. The topological polar surface area (TPSA) is 48.7 Å². The van der Waals surface area contributed by atoms with Gasteiger partial charge in [-0.15, -0.1) is 0 Å². The maximum Gasteiger partial charge on any atom is 0.416 e. The van der Waals surface area contributed by atoms with E-state index in [1.54, 1.807) is 0 Å². The molecule has 0 saturated carbocycles. The van der Waals surface area contributed by atoms with Gasteiger partial charge in [-0.05, 0) is 29.8 Å². The second kappa shape index (κ2) is 6.02. The van der Waals surface area contributed by atoms with Gasteiger partial charge in [-0.25, -0.2) is 4.98 Å². The molecule has 1 aromatic heterocycles. The summed E-state index contributed by atoms with van der Waals surface area (Å²) in [5.41, 5.74) is 0.312. The van der Waals surface area contributed by atoms with Gasteiger partial charge in [0, 0.05) is 6.54 Å². The summed E-state index contributed by atoms with van der Waals surface area (Å²) >= 11 is 5.75. The minimum Gasteiger partial charge on any atom is -0.366 e. The summed E-state index contributed by atoms with van der Waals surface area (Å²) in [5, 5.41) is 11.9. The molecule has 0 spiro atoms. The van der Waals surface area contributed by atoms with Gasteiger partial charge < -0.3 is 5.32 Å². The van der Waals surface area contributed by atoms with Crippen molar-refractivity contribution >= 4 is 17.4 Å². The smallest absolute Gasteiger partial charge is 0.366 e. The number of rotatable bonds is 3. The molecule has 0 amide bonds. The molecule has 0 fully saturated rings.